The molecule has 0 bridgehead atoms. The highest BCUT2D eigenvalue weighted by molar-refractivity contribution is 7.11. The smallest absolute Gasteiger partial charge is 0.194 e. The number of guanidine groups is 1. The maximum absolute atomic E-state index is 5.94. The van der Waals surface area contributed by atoms with Crippen LogP contribution in [0.2, 0.25) is 0 Å². The van der Waals surface area contributed by atoms with Crippen LogP contribution in [0.25, 0.3) is 0 Å². The zero-order valence-corrected chi connectivity index (χ0v) is 16.8. The molecular formula is C18H32N4O2S. The fraction of sp³-hybridized carbons (Fsp3) is 0.778. The van der Waals surface area contributed by atoms with Crippen molar-refractivity contribution in [2.24, 2.45) is 4.99 Å². The van der Waals surface area contributed by atoms with E-state index in [1.54, 1.807) is 18.4 Å². The monoisotopic (exact) mass is 368 g/mol. The maximum atomic E-state index is 5.94. The number of hydrogen-bond donors (Lipinski definition) is 1. The van der Waals surface area contributed by atoms with E-state index in [1.165, 1.54) is 4.88 Å². The lowest BCUT2D eigenvalue weighted by molar-refractivity contribution is 0.00990. The average molecular weight is 369 g/mol. The summed E-state index contributed by atoms with van der Waals surface area (Å²) >= 11 is 1.74. The molecule has 0 unspecified atom stereocenters. The van der Waals surface area contributed by atoms with Crippen LogP contribution in [0.1, 0.15) is 41.8 Å². The highest BCUT2D eigenvalue weighted by Gasteiger charge is 2.21. The van der Waals surface area contributed by atoms with Gasteiger partial charge in [0.2, 0.25) is 0 Å². The molecule has 2 heterocycles. The highest BCUT2D eigenvalue weighted by atomic mass is 32.1. The normalized spacial score (nSPS) is 16.5. The molecule has 1 aromatic rings. The van der Waals surface area contributed by atoms with Gasteiger partial charge in [0.1, 0.15) is 5.01 Å². The maximum Gasteiger partial charge on any atom is 0.194 e. The summed E-state index contributed by atoms with van der Waals surface area (Å²) < 4.78 is 11.0. The summed E-state index contributed by atoms with van der Waals surface area (Å²) in [4.78, 5) is 13.0. The van der Waals surface area contributed by atoms with Crippen molar-refractivity contribution in [2.75, 3.05) is 40.0 Å². The van der Waals surface area contributed by atoms with Gasteiger partial charge in [0, 0.05) is 44.8 Å². The van der Waals surface area contributed by atoms with E-state index < -0.39 is 0 Å². The topological polar surface area (TPSA) is 59.0 Å². The Morgan fingerprint density at radius 1 is 1.32 bits per heavy atom. The summed E-state index contributed by atoms with van der Waals surface area (Å²) in [6.45, 7) is 11.3. The molecule has 0 aromatic carbocycles. The molecule has 0 amide bonds. The molecule has 1 aromatic heterocycles. The molecule has 0 radical (unpaired) electrons. The summed E-state index contributed by atoms with van der Waals surface area (Å²) in [6, 6.07) is 0. The number of ether oxygens (including phenoxy) is 2. The standard InChI is InChI=1S/C18H32N4O2S/c1-5-19-18(20-13-17-21-14(2)15(3)25-17)22-9-7-16(8-10-22)24-12-6-11-23-4/h16H,5-13H2,1-4H3,(H,19,20). The number of hydrogen-bond acceptors (Lipinski definition) is 5. The minimum absolute atomic E-state index is 0.361. The van der Waals surface area contributed by atoms with Crippen molar-refractivity contribution in [3.63, 3.8) is 0 Å². The van der Waals surface area contributed by atoms with Gasteiger partial charge in [-0.25, -0.2) is 9.98 Å². The number of likely N-dealkylation sites (tertiary alicyclic amines) is 1. The molecular weight excluding hydrogens is 336 g/mol. The zero-order valence-electron chi connectivity index (χ0n) is 16.0. The van der Waals surface area contributed by atoms with E-state index in [2.05, 4.69) is 36.0 Å². The fourth-order valence-electron chi connectivity index (χ4n) is 2.86. The number of rotatable bonds is 8. The fourth-order valence-corrected chi connectivity index (χ4v) is 3.72. The molecule has 1 saturated heterocycles. The minimum atomic E-state index is 0.361. The van der Waals surface area contributed by atoms with Crippen molar-refractivity contribution in [3.8, 4) is 0 Å². The Kier molecular flexibility index (Phi) is 8.64. The Hall–Kier alpha value is -1.18. The lowest BCUT2D eigenvalue weighted by Gasteiger charge is -2.34. The van der Waals surface area contributed by atoms with Gasteiger partial charge in [-0.3, -0.25) is 0 Å². The molecule has 0 spiro atoms. The van der Waals surface area contributed by atoms with Gasteiger partial charge in [-0.1, -0.05) is 0 Å². The summed E-state index contributed by atoms with van der Waals surface area (Å²) in [6.07, 6.45) is 3.42. The number of aromatic nitrogens is 1. The van der Waals surface area contributed by atoms with Crippen molar-refractivity contribution < 1.29 is 9.47 Å². The molecule has 6 nitrogen and oxygen atoms in total. The van der Waals surface area contributed by atoms with Gasteiger partial charge < -0.3 is 19.7 Å². The van der Waals surface area contributed by atoms with E-state index >= 15 is 0 Å². The first-order valence-electron chi connectivity index (χ1n) is 9.20. The van der Waals surface area contributed by atoms with Crippen LogP contribution in [0.15, 0.2) is 4.99 Å². The number of aliphatic imine (C=N–C) groups is 1. The third-order valence-electron chi connectivity index (χ3n) is 4.36. The first kappa shape index (κ1) is 20.1. The summed E-state index contributed by atoms with van der Waals surface area (Å²) in [5, 5.41) is 4.50. The van der Waals surface area contributed by atoms with Gasteiger partial charge in [0.15, 0.2) is 5.96 Å². The molecule has 0 saturated carbocycles. The van der Waals surface area contributed by atoms with Crippen molar-refractivity contribution >= 4 is 17.3 Å². The molecule has 1 aliphatic heterocycles. The Balaban J connectivity index is 1.83. The first-order chi connectivity index (χ1) is 12.1. The van der Waals surface area contributed by atoms with Gasteiger partial charge in [-0.2, -0.15) is 0 Å². The highest BCUT2D eigenvalue weighted by Crippen LogP contribution is 2.18. The number of piperidine rings is 1. The van der Waals surface area contributed by atoms with Gasteiger partial charge in [0.25, 0.3) is 0 Å². The molecule has 1 aliphatic rings. The van der Waals surface area contributed by atoms with Crippen LogP contribution < -0.4 is 5.32 Å². The van der Waals surface area contributed by atoms with Crippen LogP contribution in [0.5, 0.6) is 0 Å². The lowest BCUT2D eigenvalue weighted by atomic mass is 10.1. The molecule has 7 heteroatoms. The second-order valence-electron chi connectivity index (χ2n) is 6.32. The van der Waals surface area contributed by atoms with E-state index in [0.717, 1.165) is 68.8 Å². The number of thiazole rings is 1. The molecule has 25 heavy (non-hydrogen) atoms. The SMILES string of the molecule is CCNC(=NCc1nc(C)c(C)s1)N1CCC(OCCCOC)CC1. The Bertz CT molecular complexity index is 520. The van der Waals surface area contributed by atoms with Crippen LogP contribution in [0.4, 0.5) is 0 Å². The van der Waals surface area contributed by atoms with Crippen molar-refractivity contribution in [2.45, 2.75) is 52.7 Å². The van der Waals surface area contributed by atoms with Gasteiger partial charge in [-0.05, 0) is 40.0 Å². The van der Waals surface area contributed by atoms with Crippen molar-refractivity contribution in [1.29, 1.82) is 0 Å². The van der Waals surface area contributed by atoms with Crippen LogP contribution >= 0.6 is 11.3 Å². The molecule has 1 N–H and O–H groups in total. The van der Waals surface area contributed by atoms with Crippen LogP contribution in [-0.4, -0.2) is 61.9 Å². The summed E-state index contributed by atoms with van der Waals surface area (Å²) in [5.41, 5.74) is 1.12. The van der Waals surface area contributed by atoms with E-state index in [0.29, 0.717) is 12.6 Å². The molecule has 1 fully saturated rings. The number of methoxy groups -OCH3 is 1. The second-order valence-corrected chi connectivity index (χ2v) is 7.61. The van der Waals surface area contributed by atoms with E-state index in [4.69, 9.17) is 14.5 Å². The summed E-state index contributed by atoms with van der Waals surface area (Å²) in [7, 11) is 1.73. The third kappa shape index (κ3) is 6.56. The van der Waals surface area contributed by atoms with Gasteiger partial charge in [0.05, 0.1) is 18.3 Å². The van der Waals surface area contributed by atoms with Crippen molar-refractivity contribution in [3.05, 3.63) is 15.6 Å². The largest absolute Gasteiger partial charge is 0.385 e. The molecule has 142 valence electrons. The average Bonchev–Trinajstić information content (AvgIpc) is 2.94. The Morgan fingerprint density at radius 2 is 2.08 bits per heavy atom. The summed E-state index contributed by atoms with van der Waals surface area (Å²) in [5.74, 6) is 0.992. The predicted octanol–water partition coefficient (Wildman–Crippen LogP) is 2.74. The van der Waals surface area contributed by atoms with Gasteiger partial charge in [-0.15, -0.1) is 11.3 Å². The predicted molar refractivity (Wildman–Crippen MR) is 103 cm³/mol. The first-order valence-corrected chi connectivity index (χ1v) is 10.0. The van der Waals surface area contributed by atoms with Crippen LogP contribution in [0.3, 0.4) is 0 Å². The van der Waals surface area contributed by atoms with Gasteiger partial charge >= 0.3 is 0 Å². The number of nitrogens with zero attached hydrogens (tertiary/aromatic N) is 3. The quantitative estimate of drug-likeness (QED) is 0.434. The van der Waals surface area contributed by atoms with Crippen LogP contribution in [-0.2, 0) is 16.0 Å². The number of aryl methyl sites for hydroxylation is 2. The zero-order chi connectivity index (χ0) is 18.1. The van der Waals surface area contributed by atoms with Crippen molar-refractivity contribution in [1.82, 2.24) is 15.2 Å². The lowest BCUT2D eigenvalue weighted by Crippen LogP contribution is -2.47. The van der Waals surface area contributed by atoms with Crippen LogP contribution in [0, 0.1) is 13.8 Å². The molecule has 0 atom stereocenters. The third-order valence-corrected chi connectivity index (χ3v) is 5.42. The Morgan fingerprint density at radius 3 is 2.68 bits per heavy atom. The molecule has 0 aliphatic carbocycles. The van der Waals surface area contributed by atoms with E-state index in [-0.39, 0.29) is 0 Å². The molecule has 2 rings (SSSR count). The minimum Gasteiger partial charge on any atom is -0.385 e. The Labute approximate surface area is 155 Å². The van der Waals surface area contributed by atoms with E-state index in [9.17, 15) is 0 Å². The second kappa shape index (κ2) is 10.7. The number of nitrogens with one attached hydrogen (secondary N) is 1. The van der Waals surface area contributed by atoms with E-state index in [1.807, 2.05) is 0 Å².